The zero-order chi connectivity index (χ0) is 16.2. The summed E-state index contributed by atoms with van der Waals surface area (Å²) in [6, 6.07) is 0. The van der Waals surface area contributed by atoms with E-state index in [9.17, 15) is 0 Å². The molecule has 0 unspecified atom stereocenters. The molecule has 0 saturated heterocycles. The van der Waals surface area contributed by atoms with Crippen molar-refractivity contribution in [1.29, 1.82) is 0 Å². The van der Waals surface area contributed by atoms with Gasteiger partial charge >= 0.3 is 0 Å². The summed E-state index contributed by atoms with van der Waals surface area (Å²) in [6.07, 6.45) is 10.7. The Morgan fingerprint density at radius 2 is 1.23 bits per heavy atom. The number of hydrogen-bond donors (Lipinski definition) is 0. The van der Waals surface area contributed by atoms with Crippen LogP contribution in [0.3, 0.4) is 0 Å². The molecule has 1 heterocycles. The summed E-state index contributed by atoms with van der Waals surface area (Å²) in [6.45, 7) is 9.09. The lowest BCUT2D eigenvalue weighted by atomic mass is 10.2. The normalized spacial score (nSPS) is 11.5. The molecule has 0 radical (unpaired) electrons. The van der Waals surface area contributed by atoms with Gasteiger partial charge in [0.05, 0.1) is 11.4 Å². The quantitative estimate of drug-likeness (QED) is 0.594. The molecule has 1 rings (SSSR count). The SMILES string of the molecule is CCCN(C)CCCc1cncc(CCCN(C)CCC)n1. The highest BCUT2D eigenvalue weighted by Crippen LogP contribution is 2.04. The van der Waals surface area contributed by atoms with E-state index in [2.05, 4.69) is 42.7 Å². The molecule has 0 bridgehead atoms. The number of aryl methyl sites for hydroxylation is 2. The van der Waals surface area contributed by atoms with E-state index in [0.717, 1.165) is 50.2 Å². The van der Waals surface area contributed by atoms with Gasteiger partial charge in [0.1, 0.15) is 0 Å². The molecule has 0 amide bonds. The van der Waals surface area contributed by atoms with Gasteiger partial charge in [-0.05, 0) is 78.8 Å². The van der Waals surface area contributed by atoms with Crippen molar-refractivity contribution >= 4 is 0 Å². The van der Waals surface area contributed by atoms with Gasteiger partial charge in [-0.15, -0.1) is 0 Å². The van der Waals surface area contributed by atoms with Crippen molar-refractivity contribution in [2.45, 2.75) is 52.4 Å². The Hall–Kier alpha value is -1.00. The number of nitrogens with zero attached hydrogens (tertiary/aromatic N) is 4. The molecule has 4 nitrogen and oxygen atoms in total. The molecule has 0 saturated carbocycles. The molecule has 0 aromatic carbocycles. The zero-order valence-corrected chi connectivity index (χ0v) is 15.0. The topological polar surface area (TPSA) is 32.3 Å². The van der Waals surface area contributed by atoms with Crippen LogP contribution in [0, 0.1) is 0 Å². The Balaban J connectivity index is 2.29. The van der Waals surface area contributed by atoms with Gasteiger partial charge in [0.25, 0.3) is 0 Å². The van der Waals surface area contributed by atoms with Gasteiger partial charge < -0.3 is 9.80 Å². The van der Waals surface area contributed by atoms with E-state index >= 15 is 0 Å². The maximum absolute atomic E-state index is 4.76. The fraction of sp³-hybridized carbons (Fsp3) is 0.778. The first-order valence-corrected chi connectivity index (χ1v) is 8.82. The van der Waals surface area contributed by atoms with Crippen molar-refractivity contribution in [3.8, 4) is 0 Å². The first kappa shape index (κ1) is 19.0. The summed E-state index contributed by atoms with van der Waals surface area (Å²) in [5, 5.41) is 0. The molecule has 0 fully saturated rings. The van der Waals surface area contributed by atoms with Crippen LogP contribution in [0.5, 0.6) is 0 Å². The fourth-order valence-corrected chi connectivity index (χ4v) is 2.74. The monoisotopic (exact) mass is 306 g/mol. The molecular formula is C18H34N4. The average Bonchev–Trinajstić information content (AvgIpc) is 2.48. The smallest absolute Gasteiger partial charge is 0.0590 e. The Kier molecular flexibility index (Phi) is 10.0. The van der Waals surface area contributed by atoms with E-state index in [1.165, 1.54) is 25.9 Å². The van der Waals surface area contributed by atoms with Crippen LogP contribution in [-0.4, -0.2) is 60.0 Å². The van der Waals surface area contributed by atoms with Crippen LogP contribution < -0.4 is 0 Å². The van der Waals surface area contributed by atoms with Crippen molar-refractivity contribution in [2.75, 3.05) is 40.3 Å². The van der Waals surface area contributed by atoms with Gasteiger partial charge in [-0.2, -0.15) is 0 Å². The Morgan fingerprint density at radius 1 is 0.773 bits per heavy atom. The van der Waals surface area contributed by atoms with Crippen molar-refractivity contribution in [2.24, 2.45) is 0 Å². The van der Waals surface area contributed by atoms with Crippen molar-refractivity contribution < 1.29 is 0 Å². The largest absolute Gasteiger partial charge is 0.306 e. The Bertz CT molecular complexity index is 361. The fourth-order valence-electron chi connectivity index (χ4n) is 2.74. The van der Waals surface area contributed by atoms with Crippen LogP contribution >= 0.6 is 0 Å². The van der Waals surface area contributed by atoms with E-state index < -0.39 is 0 Å². The third kappa shape index (κ3) is 8.44. The van der Waals surface area contributed by atoms with Crippen LogP contribution in [0.15, 0.2) is 12.4 Å². The van der Waals surface area contributed by atoms with E-state index in [1.807, 2.05) is 12.4 Å². The van der Waals surface area contributed by atoms with Crippen LogP contribution in [0.2, 0.25) is 0 Å². The molecule has 4 heteroatoms. The molecular weight excluding hydrogens is 272 g/mol. The molecule has 22 heavy (non-hydrogen) atoms. The number of aromatic nitrogens is 2. The van der Waals surface area contributed by atoms with Gasteiger partial charge in [0.2, 0.25) is 0 Å². The third-order valence-electron chi connectivity index (χ3n) is 3.89. The van der Waals surface area contributed by atoms with Crippen LogP contribution in [-0.2, 0) is 12.8 Å². The number of hydrogen-bond acceptors (Lipinski definition) is 4. The lowest BCUT2D eigenvalue weighted by molar-refractivity contribution is 0.328. The minimum absolute atomic E-state index is 1.03. The second-order valence-electron chi connectivity index (χ2n) is 6.32. The molecule has 0 atom stereocenters. The Morgan fingerprint density at radius 3 is 1.64 bits per heavy atom. The van der Waals surface area contributed by atoms with E-state index in [0.29, 0.717) is 0 Å². The zero-order valence-electron chi connectivity index (χ0n) is 15.0. The average molecular weight is 306 g/mol. The lowest BCUT2D eigenvalue weighted by Gasteiger charge is -2.15. The maximum Gasteiger partial charge on any atom is 0.0590 e. The second-order valence-corrected chi connectivity index (χ2v) is 6.32. The Labute approximate surface area is 136 Å². The molecule has 0 N–H and O–H groups in total. The van der Waals surface area contributed by atoms with Crippen molar-refractivity contribution in [3.05, 3.63) is 23.8 Å². The first-order chi connectivity index (χ1) is 10.7. The molecule has 1 aromatic rings. The lowest BCUT2D eigenvalue weighted by Crippen LogP contribution is -2.21. The van der Waals surface area contributed by atoms with Gasteiger partial charge in [0.15, 0.2) is 0 Å². The highest BCUT2D eigenvalue weighted by molar-refractivity contribution is 5.03. The third-order valence-corrected chi connectivity index (χ3v) is 3.89. The summed E-state index contributed by atoms with van der Waals surface area (Å²) in [7, 11) is 4.39. The minimum Gasteiger partial charge on any atom is -0.306 e. The molecule has 0 aliphatic rings. The predicted octanol–water partition coefficient (Wildman–Crippen LogP) is 3.03. The minimum atomic E-state index is 1.03. The van der Waals surface area contributed by atoms with E-state index in [4.69, 9.17) is 4.98 Å². The van der Waals surface area contributed by atoms with Gasteiger partial charge in [-0.3, -0.25) is 9.97 Å². The molecule has 0 aliphatic carbocycles. The van der Waals surface area contributed by atoms with Crippen LogP contribution in [0.4, 0.5) is 0 Å². The van der Waals surface area contributed by atoms with Crippen molar-refractivity contribution in [3.63, 3.8) is 0 Å². The number of rotatable bonds is 12. The van der Waals surface area contributed by atoms with E-state index in [-0.39, 0.29) is 0 Å². The highest BCUT2D eigenvalue weighted by atomic mass is 15.1. The second kappa shape index (κ2) is 11.6. The molecule has 0 aliphatic heterocycles. The summed E-state index contributed by atoms with van der Waals surface area (Å²) in [5.74, 6) is 0. The van der Waals surface area contributed by atoms with Crippen molar-refractivity contribution in [1.82, 2.24) is 19.8 Å². The van der Waals surface area contributed by atoms with Gasteiger partial charge in [-0.1, -0.05) is 13.8 Å². The summed E-state index contributed by atoms with van der Waals surface area (Å²) >= 11 is 0. The van der Waals surface area contributed by atoms with Crippen LogP contribution in [0.25, 0.3) is 0 Å². The predicted molar refractivity (Wildman–Crippen MR) is 94.3 cm³/mol. The molecule has 126 valence electrons. The highest BCUT2D eigenvalue weighted by Gasteiger charge is 2.03. The molecule has 1 aromatic heterocycles. The summed E-state index contributed by atoms with van der Waals surface area (Å²) in [5.41, 5.74) is 2.29. The molecule has 0 spiro atoms. The van der Waals surface area contributed by atoms with Gasteiger partial charge in [-0.25, -0.2) is 0 Å². The van der Waals surface area contributed by atoms with Crippen LogP contribution in [0.1, 0.15) is 50.9 Å². The van der Waals surface area contributed by atoms with Gasteiger partial charge in [0, 0.05) is 12.4 Å². The summed E-state index contributed by atoms with van der Waals surface area (Å²) < 4.78 is 0. The maximum atomic E-state index is 4.76. The summed E-state index contributed by atoms with van der Waals surface area (Å²) in [4.78, 5) is 13.9. The van der Waals surface area contributed by atoms with E-state index in [1.54, 1.807) is 0 Å². The first-order valence-electron chi connectivity index (χ1n) is 8.82. The standard InChI is InChI=1S/C18H34N4/c1-5-11-21(3)13-7-9-17-15-19-16-18(20-17)10-8-14-22(4)12-6-2/h15-16H,5-14H2,1-4H3.